The first-order chi connectivity index (χ1) is 53.5. The van der Waals surface area contributed by atoms with E-state index in [0.717, 1.165) is 54.6 Å². The highest BCUT2D eigenvalue weighted by Gasteiger charge is 2.49. The van der Waals surface area contributed by atoms with Crippen molar-refractivity contribution in [3.63, 3.8) is 0 Å². The third-order valence-corrected chi connectivity index (χ3v) is 39.1. The SMILES string of the molecule is CC[C@H]1O[C@@H](n2cnc3c(=O)[nH]cnc32)CC1O[Si](C)(C)C(C)(C)C.CC[C@H]1O[C@@H](n2cnc3c(NC(C)c4ccc(I)cc4)ncnc32)CC1O[Si](C)(C)C(C)(C)C.CC[C@H]1O[C@@H](n2cnc3c(OS(=O)(=O)c4c(C)cc(C)cc4C)ncnc32)CC1O[Si](C)(C)C(C)(C)C.O=c1[nH]cnc2c1ncn2[C@H]1CC(O)[C@@H](CO)O1. The van der Waals surface area contributed by atoms with Crippen molar-refractivity contribution in [1.82, 2.24) is 78.1 Å². The highest BCUT2D eigenvalue weighted by molar-refractivity contribution is 14.1. The van der Waals surface area contributed by atoms with Gasteiger partial charge in [0.25, 0.3) is 17.0 Å². The van der Waals surface area contributed by atoms with Crippen LogP contribution in [0, 0.1) is 24.3 Å². The largest absolute Gasteiger partial charge is 0.411 e. The number of aromatic amines is 2. The van der Waals surface area contributed by atoms with Gasteiger partial charge in [-0.25, -0.2) is 44.9 Å². The van der Waals surface area contributed by atoms with Gasteiger partial charge < -0.3 is 61.9 Å². The molecular formula is C78H114IN17O14SSi3. The number of rotatable bonds is 20. The van der Waals surface area contributed by atoms with Crippen LogP contribution < -0.4 is 20.6 Å². The Bertz CT molecular complexity index is 5210. The van der Waals surface area contributed by atoms with E-state index in [1.165, 1.54) is 34.4 Å². The van der Waals surface area contributed by atoms with Crippen LogP contribution in [-0.4, -0.2) is 177 Å². The van der Waals surface area contributed by atoms with Crippen LogP contribution in [0.2, 0.25) is 54.4 Å². The fourth-order valence-corrected chi connectivity index (χ4v) is 19.7. The molecule has 36 heteroatoms. The zero-order valence-corrected chi connectivity index (χ0v) is 75.6. The maximum Gasteiger partial charge on any atom is 0.341 e. The molecule has 8 aromatic heterocycles. The number of aromatic nitrogens is 16. The number of nitrogens with zero attached hydrogens (tertiary/aromatic N) is 14. The molecule has 13 atom stereocenters. The Labute approximate surface area is 683 Å². The quantitative estimate of drug-likeness (QED) is 0.0269. The molecule has 0 bridgehead atoms. The minimum absolute atomic E-state index is 0.0403. The minimum atomic E-state index is -4.13. The molecule has 114 heavy (non-hydrogen) atoms. The van der Waals surface area contributed by atoms with Crippen LogP contribution in [0.5, 0.6) is 5.88 Å². The molecule has 5 N–H and O–H groups in total. The van der Waals surface area contributed by atoms with Crippen LogP contribution >= 0.6 is 22.6 Å². The highest BCUT2D eigenvalue weighted by Crippen LogP contribution is 2.46. The van der Waals surface area contributed by atoms with Crippen LogP contribution in [0.25, 0.3) is 44.7 Å². The van der Waals surface area contributed by atoms with Crippen molar-refractivity contribution >= 4 is 108 Å². The summed E-state index contributed by atoms with van der Waals surface area (Å²) in [4.78, 5) is 71.6. The number of anilines is 1. The van der Waals surface area contributed by atoms with E-state index in [9.17, 15) is 23.1 Å². The molecule has 0 amide bonds. The van der Waals surface area contributed by atoms with Gasteiger partial charge in [-0.15, -0.1) is 0 Å². The summed E-state index contributed by atoms with van der Waals surface area (Å²) < 4.78 is 85.2. The molecule has 5 unspecified atom stereocenters. The number of benzene rings is 2. The average Bonchev–Trinajstić information content (AvgIpc) is 1.50. The van der Waals surface area contributed by atoms with Crippen molar-refractivity contribution in [3.8, 4) is 5.88 Å². The number of ether oxygens (including phenoxy) is 4. The number of aryl methyl sites for hydroxylation is 3. The fraction of sp³-hybridized carbons (Fsp3) is 0.590. The highest BCUT2D eigenvalue weighted by atomic mass is 127. The number of hydrogen-bond donors (Lipinski definition) is 5. The topological polar surface area (TPSA) is 375 Å². The molecule has 4 saturated heterocycles. The lowest BCUT2D eigenvalue weighted by atomic mass is 10.1. The number of halogens is 1. The normalized spacial score (nSPS) is 23.4. The van der Waals surface area contributed by atoms with Gasteiger partial charge in [-0.3, -0.25) is 27.9 Å². The van der Waals surface area contributed by atoms with E-state index < -0.39 is 53.5 Å². The first-order valence-corrected chi connectivity index (χ1v) is 50.3. The van der Waals surface area contributed by atoms with Gasteiger partial charge in [0.1, 0.15) is 48.6 Å². The number of aliphatic hydroxyl groups is 2. The van der Waals surface area contributed by atoms with Gasteiger partial charge in [-0.2, -0.15) is 13.4 Å². The summed E-state index contributed by atoms with van der Waals surface area (Å²) in [5.41, 5.74) is 6.62. The summed E-state index contributed by atoms with van der Waals surface area (Å²) in [6, 6.07) is 12.2. The Kier molecular flexibility index (Phi) is 26.7. The van der Waals surface area contributed by atoms with Gasteiger partial charge in [0.15, 0.2) is 75.4 Å². The first kappa shape index (κ1) is 87.6. The van der Waals surface area contributed by atoms with Crippen LogP contribution in [0.1, 0.15) is 188 Å². The zero-order chi connectivity index (χ0) is 83.1. The van der Waals surface area contributed by atoms with Crippen LogP contribution in [0.15, 0.2) is 102 Å². The fourth-order valence-electron chi connectivity index (χ4n) is 14.0. The second-order valence-electron chi connectivity index (χ2n) is 34.5. The number of H-pyrrole nitrogens is 2. The lowest BCUT2D eigenvalue weighted by molar-refractivity contribution is -0.0432. The molecule has 620 valence electrons. The van der Waals surface area contributed by atoms with Crippen LogP contribution in [0.3, 0.4) is 0 Å². The van der Waals surface area contributed by atoms with E-state index in [1.54, 1.807) is 37.4 Å². The van der Waals surface area contributed by atoms with Gasteiger partial charge in [0.2, 0.25) is 0 Å². The summed E-state index contributed by atoms with van der Waals surface area (Å²) in [6.45, 7) is 47.5. The van der Waals surface area contributed by atoms with Crippen LogP contribution in [0.4, 0.5) is 5.82 Å². The second kappa shape index (κ2) is 34.8. The number of aliphatic hydroxyl groups excluding tert-OH is 2. The molecule has 4 aliphatic rings. The smallest absolute Gasteiger partial charge is 0.341 e. The summed E-state index contributed by atoms with van der Waals surface area (Å²) in [5, 5.41) is 22.6. The van der Waals surface area contributed by atoms with Crippen molar-refractivity contribution in [2.75, 3.05) is 11.9 Å². The Morgan fingerprint density at radius 2 is 0.912 bits per heavy atom. The number of imidazole rings is 4. The molecule has 0 aliphatic carbocycles. The zero-order valence-electron chi connectivity index (χ0n) is 69.6. The molecule has 2 aromatic carbocycles. The van der Waals surface area contributed by atoms with E-state index in [-0.39, 0.29) is 116 Å². The Balaban J connectivity index is 0.000000154. The molecular weight excluding hydrogens is 1640 g/mol. The first-order valence-electron chi connectivity index (χ1n) is 39.1. The number of fused-ring (bicyclic) bond motifs is 4. The summed E-state index contributed by atoms with van der Waals surface area (Å²) >= 11 is 2.32. The van der Waals surface area contributed by atoms with Crippen molar-refractivity contribution < 1.29 is 55.0 Å². The number of nitrogens with one attached hydrogen (secondary N) is 3. The van der Waals surface area contributed by atoms with Gasteiger partial charge >= 0.3 is 10.1 Å². The summed E-state index contributed by atoms with van der Waals surface area (Å²) in [6.07, 6.45) is 14.8. The standard InChI is InChI=1S/C26H38N4O5SSi.C25H36IN5O2Si.C17H28N4O3Si.C10H12N4O4/c1-10-19-20(35-37(8,9)26(5,6)7)13-21(33-19)30-15-29-22-24(30)27-14-28-25(22)34-36(31,32)23-17(3)11-16(2)12-18(23)4;1-8-19-20(33-34(6,7)25(3,4)5)13-21(32-19)31-15-29-22-23(27-14-28-24(22)31)30-16(2)17-9-11-18(26)12-10-17;1-7-11-12(24-25(5,6)17(2,3)4)8-13(23-11)21-10-20-14-15(21)18-9-19-16(14)22;15-2-6-5(16)1-7(18-6)14-4-13-8-9(14)11-3-12-10(8)17/h11-12,14-15,19-21H,10,13H2,1-9H3;9-12,14-16,19-21H,8,13H2,1-7H3,(H,27,28,30);9-13H,7-8H2,1-6H3,(H,18,19,22);3-7,15-16H,1-2H2,(H,11,12,17)/t19-,20?,21-;16?,19-,20?,21-;11-,12?,13-;5?,6-,7-/m1111/s1. The van der Waals surface area contributed by atoms with Gasteiger partial charge in [-0.05, 0) is 153 Å². The lowest BCUT2D eigenvalue weighted by Gasteiger charge is -2.39. The van der Waals surface area contributed by atoms with Gasteiger partial charge in [-0.1, -0.05) is 113 Å². The maximum absolute atomic E-state index is 13.2. The van der Waals surface area contributed by atoms with Crippen molar-refractivity contribution in [3.05, 3.63) is 134 Å². The molecule has 0 spiro atoms. The molecule has 14 rings (SSSR count). The van der Waals surface area contributed by atoms with Crippen LogP contribution in [-0.2, 0) is 42.3 Å². The minimum Gasteiger partial charge on any atom is -0.411 e. The van der Waals surface area contributed by atoms with Gasteiger partial charge in [0.05, 0.1) is 93.3 Å². The molecule has 10 aromatic rings. The predicted octanol–water partition coefficient (Wildman–Crippen LogP) is 14.3. The van der Waals surface area contributed by atoms with E-state index >= 15 is 0 Å². The maximum atomic E-state index is 13.2. The van der Waals surface area contributed by atoms with Crippen molar-refractivity contribution in [2.45, 2.75) is 295 Å². The molecule has 4 fully saturated rings. The molecule has 0 saturated carbocycles. The van der Waals surface area contributed by atoms with Gasteiger partial charge in [0, 0.05) is 29.3 Å². The summed E-state index contributed by atoms with van der Waals surface area (Å²) in [7, 11) is -9.91. The van der Waals surface area contributed by atoms with Crippen molar-refractivity contribution in [2.24, 2.45) is 0 Å². The van der Waals surface area contributed by atoms with Crippen molar-refractivity contribution in [1.29, 1.82) is 0 Å². The van der Waals surface area contributed by atoms with E-state index in [1.807, 2.05) is 39.1 Å². The average molecular weight is 1760 g/mol. The monoisotopic (exact) mass is 1760 g/mol. The molecule has 31 nitrogen and oxygen atoms in total. The van der Waals surface area contributed by atoms with E-state index in [4.69, 9.17) is 41.5 Å². The second-order valence-corrected chi connectivity index (χ2v) is 51.5. The molecule has 0 radical (unpaired) electrons. The third-order valence-electron chi connectivity index (χ3n) is 23.3. The van der Waals surface area contributed by atoms with E-state index in [2.05, 4.69) is 241 Å². The number of hydrogen-bond acceptors (Lipinski definition) is 25. The lowest BCUT2D eigenvalue weighted by Crippen LogP contribution is -2.45. The third kappa shape index (κ3) is 19.0. The molecule has 4 aliphatic heterocycles. The predicted molar refractivity (Wildman–Crippen MR) is 451 cm³/mol. The summed E-state index contributed by atoms with van der Waals surface area (Å²) in [5.74, 6) is 0.621. The Morgan fingerprint density at radius 3 is 1.31 bits per heavy atom. The Hall–Kier alpha value is -7.19. The Morgan fingerprint density at radius 1 is 0.544 bits per heavy atom. The molecule has 12 heterocycles. The van der Waals surface area contributed by atoms with E-state index in [0.29, 0.717) is 46.4 Å².